The van der Waals surface area contributed by atoms with E-state index in [9.17, 15) is 18.0 Å². The molecule has 1 amide bonds. The highest BCUT2D eigenvalue weighted by Crippen LogP contribution is 2.30. The Morgan fingerprint density at radius 3 is 2.54 bits per heavy atom. The van der Waals surface area contributed by atoms with E-state index in [2.05, 4.69) is 10.4 Å². The van der Waals surface area contributed by atoms with Crippen molar-refractivity contribution in [1.29, 1.82) is 0 Å². The third-order valence-electron chi connectivity index (χ3n) is 4.39. The zero-order valence-electron chi connectivity index (χ0n) is 13.9. The lowest BCUT2D eigenvalue weighted by Crippen LogP contribution is -2.40. The second kappa shape index (κ2) is 8.09. The molecule has 1 aromatic heterocycles. The third kappa shape index (κ3) is 4.56. The van der Waals surface area contributed by atoms with E-state index in [4.69, 9.17) is 5.73 Å². The van der Waals surface area contributed by atoms with Crippen LogP contribution < -0.4 is 11.1 Å². The maximum atomic E-state index is 13.0. The van der Waals surface area contributed by atoms with Crippen LogP contribution in [0.25, 0.3) is 5.69 Å². The van der Waals surface area contributed by atoms with Crippen LogP contribution in [-0.4, -0.2) is 27.8 Å². The standard InChI is InChI=1S/C17H19F3N4O.ClH/c18-17(19,20)15-8-9-22-24(15)14-3-1-2-11(10-14)16(25)23-13-6-4-12(21)5-7-13;/h1-3,8-10,12-13H,4-7,21H2,(H,23,25);1H. The predicted molar refractivity (Wildman–Crippen MR) is 93.5 cm³/mol. The van der Waals surface area contributed by atoms with Gasteiger partial charge in [0.1, 0.15) is 5.69 Å². The van der Waals surface area contributed by atoms with Crippen molar-refractivity contribution >= 4 is 18.3 Å². The summed E-state index contributed by atoms with van der Waals surface area (Å²) in [4.78, 5) is 12.4. The van der Waals surface area contributed by atoms with E-state index in [1.165, 1.54) is 12.1 Å². The van der Waals surface area contributed by atoms with Gasteiger partial charge in [-0.2, -0.15) is 18.3 Å². The molecule has 2 aromatic rings. The third-order valence-corrected chi connectivity index (χ3v) is 4.39. The quantitative estimate of drug-likeness (QED) is 0.847. The Kier molecular flexibility index (Phi) is 6.30. The van der Waals surface area contributed by atoms with Crippen molar-refractivity contribution in [1.82, 2.24) is 15.1 Å². The first kappa shape index (κ1) is 20.3. The average molecular weight is 389 g/mol. The summed E-state index contributed by atoms with van der Waals surface area (Å²) in [5.41, 5.74) is 5.46. The van der Waals surface area contributed by atoms with E-state index < -0.39 is 11.9 Å². The maximum absolute atomic E-state index is 13.0. The Hall–Kier alpha value is -2.06. The van der Waals surface area contributed by atoms with Gasteiger partial charge in [0.25, 0.3) is 5.91 Å². The Morgan fingerprint density at radius 1 is 1.19 bits per heavy atom. The van der Waals surface area contributed by atoms with Gasteiger partial charge in [0.05, 0.1) is 11.9 Å². The molecule has 1 saturated carbocycles. The highest BCUT2D eigenvalue weighted by atomic mass is 35.5. The number of rotatable bonds is 3. The summed E-state index contributed by atoms with van der Waals surface area (Å²) in [6, 6.07) is 7.14. The number of amides is 1. The molecule has 142 valence electrons. The Morgan fingerprint density at radius 2 is 1.88 bits per heavy atom. The van der Waals surface area contributed by atoms with Crippen LogP contribution >= 0.6 is 12.4 Å². The van der Waals surface area contributed by atoms with Crippen LogP contribution in [0.1, 0.15) is 41.7 Å². The van der Waals surface area contributed by atoms with Crippen LogP contribution in [0.15, 0.2) is 36.5 Å². The predicted octanol–water partition coefficient (Wildman–Crippen LogP) is 3.31. The van der Waals surface area contributed by atoms with Gasteiger partial charge in [0.15, 0.2) is 0 Å². The number of hydrogen-bond donors (Lipinski definition) is 2. The lowest BCUT2D eigenvalue weighted by Gasteiger charge is -2.26. The van der Waals surface area contributed by atoms with E-state index in [0.29, 0.717) is 5.56 Å². The molecule has 0 aliphatic heterocycles. The highest BCUT2D eigenvalue weighted by Gasteiger charge is 2.35. The van der Waals surface area contributed by atoms with Crippen LogP contribution in [-0.2, 0) is 6.18 Å². The van der Waals surface area contributed by atoms with E-state index >= 15 is 0 Å². The zero-order valence-corrected chi connectivity index (χ0v) is 14.7. The van der Waals surface area contributed by atoms with Crippen molar-refractivity contribution in [2.24, 2.45) is 5.73 Å². The summed E-state index contributed by atoms with van der Waals surface area (Å²) >= 11 is 0. The zero-order chi connectivity index (χ0) is 18.0. The molecule has 9 heteroatoms. The molecule has 1 aliphatic rings. The normalized spacial score (nSPS) is 20.3. The van der Waals surface area contributed by atoms with Crippen LogP contribution in [0.4, 0.5) is 13.2 Å². The van der Waals surface area contributed by atoms with E-state index in [0.717, 1.165) is 42.6 Å². The van der Waals surface area contributed by atoms with Crippen molar-refractivity contribution in [3.05, 3.63) is 47.8 Å². The number of benzene rings is 1. The summed E-state index contributed by atoms with van der Waals surface area (Å²) in [7, 11) is 0. The van der Waals surface area contributed by atoms with E-state index in [1.807, 2.05) is 0 Å². The minimum absolute atomic E-state index is 0. The molecule has 0 atom stereocenters. The minimum Gasteiger partial charge on any atom is -0.349 e. The van der Waals surface area contributed by atoms with Crippen LogP contribution in [0, 0.1) is 0 Å². The SMILES string of the molecule is Cl.NC1CCC(NC(=O)c2cccc(-n3nccc3C(F)(F)F)c2)CC1. The second-order valence-electron chi connectivity index (χ2n) is 6.26. The summed E-state index contributed by atoms with van der Waals surface area (Å²) in [5.74, 6) is -0.303. The fourth-order valence-corrected chi connectivity index (χ4v) is 3.03. The Bertz CT molecular complexity index is 754. The summed E-state index contributed by atoms with van der Waals surface area (Å²) in [6.45, 7) is 0. The minimum atomic E-state index is -4.52. The van der Waals surface area contributed by atoms with Gasteiger partial charge >= 0.3 is 6.18 Å². The van der Waals surface area contributed by atoms with Crippen molar-refractivity contribution < 1.29 is 18.0 Å². The van der Waals surface area contributed by atoms with Crippen molar-refractivity contribution in [2.75, 3.05) is 0 Å². The average Bonchev–Trinajstić information content (AvgIpc) is 3.07. The van der Waals surface area contributed by atoms with Gasteiger partial charge in [-0.3, -0.25) is 4.79 Å². The van der Waals surface area contributed by atoms with Crippen molar-refractivity contribution in [3.63, 3.8) is 0 Å². The highest BCUT2D eigenvalue weighted by molar-refractivity contribution is 5.94. The van der Waals surface area contributed by atoms with Crippen LogP contribution in [0.5, 0.6) is 0 Å². The summed E-state index contributed by atoms with van der Waals surface area (Å²) in [5, 5.41) is 6.66. The number of carbonyl (C=O) groups excluding carboxylic acids is 1. The van der Waals surface area contributed by atoms with Gasteiger partial charge < -0.3 is 11.1 Å². The number of nitrogens with zero attached hydrogens (tertiary/aromatic N) is 2. The van der Waals surface area contributed by atoms with Gasteiger partial charge in [-0.15, -0.1) is 12.4 Å². The Labute approximate surface area is 155 Å². The summed E-state index contributed by atoms with van der Waals surface area (Å²) in [6.07, 6.45) is -0.106. The van der Waals surface area contributed by atoms with E-state index in [1.54, 1.807) is 12.1 Å². The molecule has 1 aliphatic carbocycles. The number of hydrogen-bond acceptors (Lipinski definition) is 3. The van der Waals surface area contributed by atoms with Crippen LogP contribution in [0.2, 0.25) is 0 Å². The number of nitrogens with two attached hydrogens (primary N) is 1. The molecule has 3 N–H and O–H groups in total. The first-order valence-electron chi connectivity index (χ1n) is 8.12. The van der Waals surface area contributed by atoms with E-state index in [-0.39, 0.29) is 36.1 Å². The van der Waals surface area contributed by atoms with Crippen molar-refractivity contribution in [3.8, 4) is 5.69 Å². The number of halogens is 4. The fourth-order valence-electron chi connectivity index (χ4n) is 3.03. The molecule has 0 radical (unpaired) electrons. The summed E-state index contributed by atoms with van der Waals surface area (Å²) < 4.78 is 39.8. The molecule has 0 bridgehead atoms. The Balaban J connectivity index is 0.00000243. The number of carbonyl (C=O) groups is 1. The maximum Gasteiger partial charge on any atom is 0.433 e. The second-order valence-corrected chi connectivity index (χ2v) is 6.26. The molecule has 3 rings (SSSR count). The molecule has 1 aromatic carbocycles. The van der Waals surface area contributed by atoms with Crippen molar-refractivity contribution in [2.45, 2.75) is 43.9 Å². The lowest BCUT2D eigenvalue weighted by atomic mass is 9.91. The molecular weight excluding hydrogens is 369 g/mol. The van der Waals surface area contributed by atoms with Gasteiger partial charge in [-0.05, 0) is 49.9 Å². The molecule has 1 heterocycles. The first-order valence-corrected chi connectivity index (χ1v) is 8.12. The topological polar surface area (TPSA) is 72.9 Å². The largest absolute Gasteiger partial charge is 0.433 e. The van der Waals surface area contributed by atoms with Gasteiger partial charge in [-0.1, -0.05) is 6.07 Å². The molecule has 1 fully saturated rings. The number of alkyl halides is 3. The first-order chi connectivity index (χ1) is 11.8. The van der Waals surface area contributed by atoms with Crippen LogP contribution in [0.3, 0.4) is 0 Å². The molecule has 26 heavy (non-hydrogen) atoms. The molecule has 5 nitrogen and oxygen atoms in total. The smallest absolute Gasteiger partial charge is 0.349 e. The monoisotopic (exact) mass is 388 g/mol. The number of nitrogens with one attached hydrogen (secondary N) is 1. The lowest BCUT2D eigenvalue weighted by molar-refractivity contribution is -0.142. The molecule has 0 saturated heterocycles. The molecule has 0 spiro atoms. The van der Waals surface area contributed by atoms with Gasteiger partial charge in [0, 0.05) is 17.6 Å². The molecular formula is C17H20ClF3N4O. The number of aromatic nitrogens is 2. The van der Waals surface area contributed by atoms with Gasteiger partial charge in [-0.25, -0.2) is 4.68 Å². The molecule has 0 unspecified atom stereocenters. The fraction of sp³-hybridized carbons (Fsp3) is 0.412. The van der Waals surface area contributed by atoms with Gasteiger partial charge in [0.2, 0.25) is 0 Å².